The molecule has 0 aliphatic carbocycles. The molecule has 0 radical (unpaired) electrons. The molecule has 2 unspecified atom stereocenters. The van der Waals surface area contributed by atoms with Crippen molar-refractivity contribution in [2.45, 2.75) is 17.5 Å². The number of nitrogen functional groups attached to an aromatic ring is 1. The van der Waals surface area contributed by atoms with Crippen molar-refractivity contribution >= 4 is 51.7 Å². The lowest BCUT2D eigenvalue weighted by Gasteiger charge is -2.54. The highest BCUT2D eigenvalue weighted by Crippen LogP contribution is 2.40. The van der Waals surface area contributed by atoms with Crippen molar-refractivity contribution in [3.8, 4) is 0 Å². The number of thiazole rings is 1. The normalized spacial score (nSPS) is 27.0. The van der Waals surface area contributed by atoms with Crippen LogP contribution < -0.4 is 11.1 Å². The number of aromatic nitrogens is 1. The van der Waals surface area contributed by atoms with Gasteiger partial charge in [-0.05, 0) is 0 Å². The lowest BCUT2D eigenvalue weighted by Crippen LogP contribution is -2.76. The van der Waals surface area contributed by atoms with Crippen LogP contribution in [0.15, 0.2) is 10.5 Å². The zero-order chi connectivity index (χ0) is 20.4. The minimum Gasteiger partial charge on any atom is -0.480 e. The predicted molar refractivity (Wildman–Crippen MR) is 102 cm³/mol. The molecule has 3 heterocycles. The number of rotatable bonds is 7. The third-order valence-corrected chi connectivity index (χ3v) is 6.52. The average Bonchev–Trinajstić information content (AvgIpc) is 3.09. The van der Waals surface area contributed by atoms with Gasteiger partial charge in [-0.15, -0.1) is 23.1 Å². The molecule has 2 aliphatic rings. The number of amides is 2. The first-order valence-electron chi connectivity index (χ1n) is 8.18. The Hall–Kier alpha value is -2.38. The summed E-state index contributed by atoms with van der Waals surface area (Å²) in [5, 5.41) is 17.2. The molecular formula is C15H19N5O6S2. The maximum atomic E-state index is 12.6. The zero-order valence-electron chi connectivity index (χ0n) is 15.0. The number of nitrogens with two attached hydrogens (primary N) is 1. The Morgan fingerprint density at radius 1 is 1.50 bits per heavy atom. The van der Waals surface area contributed by atoms with Gasteiger partial charge in [0.2, 0.25) is 5.91 Å². The highest BCUT2D eigenvalue weighted by atomic mass is 32.2. The van der Waals surface area contributed by atoms with E-state index in [9.17, 15) is 19.5 Å². The molecule has 0 bridgehead atoms. The first kappa shape index (κ1) is 20.4. The van der Waals surface area contributed by atoms with Gasteiger partial charge in [-0.3, -0.25) is 9.59 Å². The molecule has 2 aliphatic heterocycles. The fourth-order valence-corrected chi connectivity index (χ4v) is 5.25. The van der Waals surface area contributed by atoms with E-state index in [0.29, 0.717) is 5.75 Å². The Balaban J connectivity index is 1.74. The van der Waals surface area contributed by atoms with Gasteiger partial charge in [0.25, 0.3) is 5.91 Å². The number of oxime groups is 1. The molecule has 13 heteroatoms. The van der Waals surface area contributed by atoms with Crippen molar-refractivity contribution in [1.29, 1.82) is 0 Å². The minimum absolute atomic E-state index is 0.116. The highest BCUT2D eigenvalue weighted by Gasteiger charge is 2.58. The van der Waals surface area contributed by atoms with E-state index in [4.69, 9.17) is 15.3 Å². The molecule has 0 spiro atoms. The van der Waals surface area contributed by atoms with Gasteiger partial charge in [-0.2, -0.15) is 0 Å². The Bertz CT molecular complexity index is 815. The number of ether oxygens (including phenoxy) is 1. The van der Waals surface area contributed by atoms with Crippen LogP contribution in [0.3, 0.4) is 0 Å². The van der Waals surface area contributed by atoms with Gasteiger partial charge >= 0.3 is 5.97 Å². The number of nitrogens with one attached hydrogen (secondary N) is 1. The van der Waals surface area contributed by atoms with Gasteiger partial charge in [-0.25, -0.2) is 9.78 Å². The average molecular weight is 429 g/mol. The van der Waals surface area contributed by atoms with Gasteiger partial charge in [0, 0.05) is 24.2 Å². The molecule has 11 nitrogen and oxygen atoms in total. The number of anilines is 1. The van der Waals surface area contributed by atoms with E-state index < -0.39 is 35.2 Å². The van der Waals surface area contributed by atoms with Crippen LogP contribution >= 0.6 is 23.1 Å². The van der Waals surface area contributed by atoms with Gasteiger partial charge in [0.15, 0.2) is 10.8 Å². The van der Waals surface area contributed by atoms with Crippen LogP contribution in [0.4, 0.5) is 5.13 Å². The van der Waals surface area contributed by atoms with E-state index in [2.05, 4.69) is 15.5 Å². The van der Waals surface area contributed by atoms with E-state index in [1.807, 2.05) is 0 Å². The summed E-state index contributed by atoms with van der Waals surface area (Å²) in [5.74, 6) is -2.05. The third kappa shape index (κ3) is 3.64. The summed E-state index contributed by atoms with van der Waals surface area (Å²) in [5.41, 5.74) is 5.70. The number of thioether (sulfide) groups is 1. The van der Waals surface area contributed by atoms with E-state index in [0.717, 1.165) is 11.3 Å². The SMILES string of the molecule is COCC1CS[C@@H]2[C@H](NC(=O)/C(=N\OC)c3csc(N)n3)C(=O)N2C1C(=O)O. The number of hydrogen-bond acceptors (Lipinski definition) is 10. The zero-order valence-corrected chi connectivity index (χ0v) is 16.7. The van der Waals surface area contributed by atoms with E-state index in [-0.39, 0.29) is 29.1 Å². The van der Waals surface area contributed by atoms with Crippen LogP contribution in [0, 0.1) is 5.92 Å². The molecule has 2 saturated heterocycles. The molecule has 2 amide bonds. The van der Waals surface area contributed by atoms with Gasteiger partial charge in [-0.1, -0.05) is 5.16 Å². The molecular weight excluding hydrogens is 410 g/mol. The number of carboxylic acids is 1. The number of hydrogen-bond donors (Lipinski definition) is 3. The Labute approximate surface area is 168 Å². The monoisotopic (exact) mass is 429 g/mol. The summed E-state index contributed by atoms with van der Waals surface area (Å²) in [4.78, 5) is 46.9. The van der Waals surface area contributed by atoms with Crippen molar-refractivity contribution in [3.05, 3.63) is 11.1 Å². The molecule has 2 fully saturated rings. The molecule has 3 rings (SSSR count). The smallest absolute Gasteiger partial charge is 0.326 e. The lowest BCUT2D eigenvalue weighted by atomic mass is 9.94. The molecule has 0 saturated carbocycles. The standard InChI is InChI=1S/C15H19N5O6S2/c1-25-3-6-4-27-13-9(12(22)20(13)10(6)14(23)24)18-11(21)8(19-26-2)7-5-28-15(16)17-7/h5-6,9-10,13H,3-4H2,1-2H3,(H2,16,17)(H,18,21)(H,23,24)/b19-8-/t6?,9-,10?,13-/m1/s1. The van der Waals surface area contributed by atoms with Gasteiger partial charge < -0.3 is 30.6 Å². The first-order chi connectivity index (χ1) is 13.4. The van der Waals surface area contributed by atoms with E-state index in [1.165, 1.54) is 30.9 Å². The van der Waals surface area contributed by atoms with E-state index >= 15 is 0 Å². The third-order valence-electron chi connectivity index (χ3n) is 4.39. The second-order valence-electron chi connectivity index (χ2n) is 6.11. The number of aliphatic carboxylic acids is 1. The lowest BCUT2D eigenvalue weighted by molar-refractivity contribution is -0.165. The quantitative estimate of drug-likeness (QED) is 0.286. The number of fused-ring (bicyclic) bond motifs is 1. The van der Waals surface area contributed by atoms with Crippen molar-refractivity contribution in [3.63, 3.8) is 0 Å². The first-order valence-corrected chi connectivity index (χ1v) is 10.1. The Kier molecular flexibility index (Phi) is 6.05. The summed E-state index contributed by atoms with van der Waals surface area (Å²) in [6.45, 7) is 0.230. The van der Waals surface area contributed by atoms with Crippen LogP contribution in [0.5, 0.6) is 0 Å². The maximum absolute atomic E-state index is 12.6. The maximum Gasteiger partial charge on any atom is 0.326 e. The van der Waals surface area contributed by atoms with Gasteiger partial charge in [0.05, 0.1) is 6.61 Å². The number of β-lactam (4-membered cyclic amide) rings is 1. The number of carbonyl (C=O) groups is 3. The van der Waals surface area contributed by atoms with Gasteiger partial charge in [0.1, 0.15) is 30.3 Å². The molecule has 1 aromatic rings. The van der Waals surface area contributed by atoms with Crippen LogP contribution in [0.25, 0.3) is 0 Å². The van der Waals surface area contributed by atoms with Crippen LogP contribution in [-0.2, 0) is 24.0 Å². The fourth-order valence-electron chi connectivity index (χ4n) is 3.21. The van der Waals surface area contributed by atoms with Crippen molar-refractivity contribution in [2.24, 2.45) is 11.1 Å². The molecule has 152 valence electrons. The van der Waals surface area contributed by atoms with E-state index in [1.54, 1.807) is 5.38 Å². The van der Waals surface area contributed by atoms with Crippen LogP contribution in [0.2, 0.25) is 0 Å². The van der Waals surface area contributed by atoms with Crippen molar-refractivity contribution < 1.29 is 29.1 Å². The molecule has 4 N–H and O–H groups in total. The molecule has 1 aromatic heterocycles. The topological polar surface area (TPSA) is 156 Å². The van der Waals surface area contributed by atoms with Crippen molar-refractivity contribution in [2.75, 3.05) is 32.3 Å². The summed E-state index contributed by atoms with van der Waals surface area (Å²) >= 11 is 2.54. The Morgan fingerprint density at radius 2 is 2.25 bits per heavy atom. The summed E-state index contributed by atoms with van der Waals surface area (Å²) in [7, 11) is 2.77. The second kappa shape index (κ2) is 8.32. The number of carbonyl (C=O) groups excluding carboxylic acids is 2. The van der Waals surface area contributed by atoms with Crippen LogP contribution in [-0.4, -0.2) is 82.5 Å². The molecule has 0 aromatic carbocycles. The summed E-state index contributed by atoms with van der Waals surface area (Å²) < 4.78 is 5.08. The summed E-state index contributed by atoms with van der Waals surface area (Å²) in [6, 6.07) is -1.85. The second-order valence-corrected chi connectivity index (χ2v) is 8.15. The number of methoxy groups -OCH3 is 1. The fraction of sp³-hybridized carbons (Fsp3) is 0.533. The van der Waals surface area contributed by atoms with Crippen LogP contribution in [0.1, 0.15) is 5.69 Å². The van der Waals surface area contributed by atoms with Crippen molar-refractivity contribution in [1.82, 2.24) is 15.2 Å². The highest BCUT2D eigenvalue weighted by molar-refractivity contribution is 8.00. The molecule has 4 atom stereocenters. The Morgan fingerprint density at radius 3 is 2.82 bits per heavy atom. The largest absolute Gasteiger partial charge is 0.480 e. The minimum atomic E-state index is -1.09. The number of carboxylic acid groups (broad SMARTS) is 1. The summed E-state index contributed by atoms with van der Waals surface area (Å²) in [6.07, 6.45) is 0. The predicted octanol–water partition coefficient (Wildman–Crippen LogP) is -0.808. The number of nitrogens with zero attached hydrogens (tertiary/aromatic N) is 3. The molecule has 28 heavy (non-hydrogen) atoms.